The Kier molecular flexibility index (Phi) is 8.48. The number of esters is 1. The van der Waals surface area contributed by atoms with Crippen molar-refractivity contribution in [2.75, 3.05) is 20.8 Å². The van der Waals surface area contributed by atoms with Crippen LogP contribution < -0.4 is 9.47 Å². The molecule has 2 rings (SSSR count). The zero-order chi connectivity index (χ0) is 25.0. The third kappa shape index (κ3) is 5.80. The molecule has 0 atom stereocenters. The molecule has 0 aliphatic carbocycles. The van der Waals surface area contributed by atoms with Crippen LogP contribution in [0.1, 0.15) is 80.8 Å². The number of hydrogen-bond donors (Lipinski definition) is 1. The minimum Gasteiger partial charge on any atom is -0.492 e. The molecule has 0 aliphatic rings. The molecule has 0 bridgehead atoms. The van der Waals surface area contributed by atoms with Crippen LogP contribution in [0.3, 0.4) is 0 Å². The first-order valence-electron chi connectivity index (χ1n) is 10.2. The third-order valence-corrected chi connectivity index (χ3v) is 4.51. The van der Waals surface area contributed by atoms with Gasteiger partial charge in [-0.3, -0.25) is 9.36 Å². The minimum atomic E-state index is -1.03. The number of carbonyl (C=O) groups is 2. The molecule has 0 radical (unpaired) electrons. The number of carboxylic acids is 1. The van der Waals surface area contributed by atoms with Crippen molar-refractivity contribution >= 4 is 11.9 Å². The second-order valence-electron chi connectivity index (χ2n) is 9.23. The lowest BCUT2D eigenvalue weighted by Crippen LogP contribution is -2.13. The highest BCUT2D eigenvalue weighted by Gasteiger charge is 2.31. The van der Waals surface area contributed by atoms with Gasteiger partial charge < -0.3 is 19.3 Å². The van der Waals surface area contributed by atoms with E-state index in [4.69, 9.17) is 19.3 Å². The van der Waals surface area contributed by atoms with Crippen molar-refractivity contribution < 1.29 is 28.9 Å². The summed E-state index contributed by atoms with van der Waals surface area (Å²) in [7, 11) is 6.30. The lowest BCUT2D eigenvalue weighted by atomic mass is 9.91. The third-order valence-electron chi connectivity index (χ3n) is 4.51. The van der Waals surface area contributed by atoms with E-state index in [1.165, 1.54) is 23.6 Å². The summed E-state index contributed by atoms with van der Waals surface area (Å²) >= 11 is 0. The Hall–Kier alpha value is -3.04. The Morgan fingerprint density at radius 2 is 1.22 bits per heavy atom. The largest absolute Gasteiger partial charge is 0.492 e. The fourth-order valence-electron chi connectivity index (χ4n) is 3.04. The molecule has 32 heavy (non-hydrogen) atoms. The van der Waals surface area contributed by atoms with E-state index in [0.717, 1.165) is 5.69 Å². The van der Waals surface area contributed by atoms with E-state index >= 15 is 0 Å². The number of nitrogens with zero attached hydrogens (tertiary/aromatic N) is 4. The van der Waals surface area contributed by atoms with Gasteiger partial charge in [-0.05, 0) is 6.92 Å². The van der Waals surface area contributed by atoms with E-state index in [1.54, 1.807) is 21.0 Å². The summed E-state index contributed by atoms with van der Waals surface area (Å²) in [5.74, 6) is -0.594. The number of methoxy groups -OCH3 is 2. The summed E-state index contributed by atoms with van der Waals surface area (Å²) in [6.45, 7) is 14.0. The van der Waals surface area contributed by atoms with Gasteiger partial charge in [-0.2, -0.15) is 10.2 Å². The molecule has 10 heteroatoms. The number of aromatic nitrogens is 4. The summed E-state index contributed by atoms with van der Waals surface area (Å²) in [6, 6.07) is 0. The SMILES string of the molecule is CCOC(=O)c1c(OC)c(C(C)(C)C)nn1C.COc1c(C(C)(C)C)nn(C)c1C(=O)O. The second kappa shape index (κ2) is 10.1. The van der Waals surface area contributed by atoms with E-state index in [0.29, 0.717) is 29.5 Å². The molecule has 1 N–H and O–H groups in total. The summed E-state index contributed by atoms with van der Waals surface area (Å²) in [6.07, 6.45) is 0. The van der Waals surface area contributed by atoms with Crippen LogP contribution in [0.2, 0.25) is 0 Å². The molecule has 0 saturated heterocycles. The van der Waals surface area contributed by atoms with Gasteiger partial charge in [0.1, 0.15) is 11.4 Å². The number of ether oxygens (including phenoxy) is 3. The highest BCUT2D eigenvalue weighted by Crippen LogP contribution is 2.34. The van der Waals surface area contributed by atoms with Crippen molar-refractivity contribution in [3.63, 3.8) is 0 Å². The zero-order valence-electron chi connectivity index (χ0n) is 21.0. The Balaban J connectivity index is 0.000000323. The molecular weight excluding hydrogens is 416 g/mol. The number of aromatic carboxylic acids is 1. The van der Waals surface area contributed by atoms with Crippen LogP contribution in [0.15, 0.2) is 0 Å². The minimum absolute atomic E-state index is 0.0856. The fraction of sp³-hybridized carbons (Fsp3) is 0.636. The summed E-state index contributed by atoms with van der Waals surface area (Å²) < 4.78 is 18.3. The first-order valence-corrected chi connectivity index (χ1v) is 10.2. The maximum absolute atomic E-state index is 11.8. The predicted octanol–water partition coefficient (Wildman–Crippen LogP) is 3.33. The molecular formula is C22H36N4O6. The van der Waals surface area contributed by atoms with E-state index in [-0.39, 0.29) is 16.5 Å². The van der Waals surface area contributed by atoms with Crippen molar-refractivity contribution in [1.29, 1.82) is 0 Å². The Morgan fingerprint density at radius 3 is 1.53 bits per heavy atom. The Labute approximate surface area is 189 Å². The normalized spacial score (nSPS) is 11.5. The summed E-state index contributed by atoms with van der Waals surface area (Å²) in [5.41, 5.74) is 1.43. The van der Waals surface area contributed by atoms with E-state index in [2.05, 4.69) is 10.2 Å². The monoisotopic (exact) mass is 452 g/mol. The van der Waals surface area contributed by atoms with E-state index in [9.17, 15) is 9.59 Å². The van der Waals surface area contributed by atoms with Gasteiger partial charge in [0.25, 0.3) is 0 Å². The van der Waals surface area contributed by atoms with Gasteiger partial charge in [0.15, 0.2) is 22.9 Å². The Morgan fingerprint density at radius 1 is 0.844 bits per heavy atom. The molecule has 2 aromatic heterocycles. The van der Waals surface area contributed by atoms with Gasteiger partial charge in [0, 0.05) is 24.9 Å². The van der Waals surface area contributed by atoms with Gasteiger partial charge in [-0.15, -0.1) is 0 Å². The summed E-state index contributed by atoms with van der Waals surface area (Å²) in [5, 5.41) is 17.5. The fourth-order valence-corrected chi connectivity index (χ4v) is 3.04. The van der Waals surface area contributed by atoms with Crippen LogP contribution in [0.25, 0.3) is 0 Å². The lowest BCUT2D eigenvalue weighted by Gasteiger charge is -2.16. The van der Waals surface area contributed by atoms with Crippen LogP contribution in [0.4, 0.5) is 0 Å². The van der Waals surface area contributed by atoms with Crippen LogP contribution in [0, 0.1) is 0 Å². The molecule has 2 aromatic rings. The van der Waals surface area contributed by atoms with Gasteiger partial charge in [0.05, 0.1) is 20.8 Å². The van der Waals surface area contributed by atoms with Crippen molar-refractivity contribution in [2.24, 2.45) is 14.1 Å². The number of hydrogen-bond acceptors (Lipinski definition) is 7. The van der Waals surface area contributed by atoms with Crippen molar-refractivity contribution in [3.05, 3.63) is 22.8 Å². The maximum atomic E-state index is 11.8. The quantitative estimate of drug-likeness (QED) is 0.687. The molecule has 180 valence electrons. The highest BCUT2D eigenvalue weighted by atomic mass is 16.5. The molecule has 0 fully saturated rings. The molecule has 0 aromatic carbocycles. The van der Waals surface area contributed by atoms with Crippen molar-refractivity contribution in [2.45, 2.75) is 59.3 Å². The molecule has 10 nitrogen and oxygen atoms in total. The topological polar surface area (TPSA) is 118 Å². The Bertz CT molecular complexity index is 961. The van der Waals surface area contributed by atoms with Crippen LogP contribution >= 0.6 is 0 Å². The average molecular weight is 453 g/mol. The van der Waals surface area contributed by atoms with Crippen LogP contribution in [0.5, 0.6) is 11.5 Å². The molecule has 2 heterocycles. The average Bonchev–Trinajstić information content (AvgIpc) is 3.18. The van der Waals surface area contributed by atoms with Crippen molar-refractivity contribution in [1.82, 2.24) is 19.6 Å². The highest BCUT2D eigenvalue weighted by molar-refractivity contribution is 5.91. The van der Waals surface area contributed by atoms with Crippen LogP contribution in [-0.4, -0.2) is 57.4 Å². The smallest absolute Gasteiger partial charge is 0.360 e. The van der Waals surface area contributed by atoms with Gasteiger partial charge >= 0.3 is 11.9 Å². The van der Waals surface area contributed by atoms with Gasteiger partial charge in [-0.1, -0.05) is 41.5 Å². The second-order valence-corrected chi connectivity index (χ2v) is 9.23. The molecule has 0 unspecified atom stereocenters. The first-order chi connectivity index (χ1) is 14.6. The zero-order valence-corrected chi connectivity index (χ0v) is 21.0. The van der Waals surface area contributed by atoms with Gasteiger partial charge in [-0.25, -0.2) is 9.59 Å². The first kappa shape index (κ1) is 27.0. The van der Waals surface area contributed by atoms with Gasteiger partial charge in [0.2, 0.25) is 0 Å². The molecule has 0 saturated carbocycles. The summed E-state index contributed by atoms with van der Waals surface area (Å²) in [4.78, 5) is 22.8. The number of carbonyl (C=O) groups excluding carboxylic acids is 1. The molecule has 0 amide bonds. The predicted molar refractivity (Wildman–Crippen MR) is 120 cm³/mol. The van der Waals surface area contributed by atoms with Crippen molar-refractivity contribution in [3.8, 4) is 11.5 Å². The van der Waals surface area contributed by atoms with E-state index in [1.807, 2.05) is 41.5 Å². The molecule has 0 spiro atoms. The number of carboxylic acid groups (broad SMARTS) is 1. The standard InChI is InChI=1S/C12H20N2O3.C10H16N2O3/c1-7-17-11(15)8-9(16-6)10(12(2,3)4)13-14(8)5;1-10(2,3)8-7(15-5)6(9(13)14)12(4)11-8/h7H2,1-6H3;1-5H3,(H,13,14). The van der Waals surface area contributed by atoms with Crippen LogP contribution in [-0.2, 0) is 29.7 Å². The lowest BCUT2D eigenvalue weighted by molar-refractivity contribution is 0.0509. The number of aryl methyl sites for hydroxylation is 2. The molecule has 0 aliphatic heterocycles. The maximum Gasteiger partial charge on any atom is 0.360 e. The number of rotatable bonds is 5. The van der Waals surface area contributed by atoms with E-state index < -0.39 is 11.9 Å².